The van der Waals surface area contributed by atoms with E-state index in [-0.39, 0.29) is 28.9 Å². The molecule has 0 radical (unpaired) electrons. The molecule has 1 N–H and O–H groups in total. The second kappa shape index (κ2) is 9.38. The summed E-state index contributed by atoms with van der Waals surface area (Å²) in [7, 11) is 0. The van der Waals surface area contributed by atoms with Crippen molar-refractivity contribution in [3.05, 3.63) is 53.8 Å². The van der Waals surface area contributed by atoms with Gasteiger partial charge in [-0.3, -0.25) is 15.0 Å². The van der Waals surface area contributed by atoms with Crippen molar-refractivity contribution in [2.45, 2.75) is 16.4 Å². The molecule has 33 heavy (non-hydrogen) atoms. The predicted molar refractivity (Wildman–Crippen MR) is 126 cm³/mol. The van der Waals surface area contributed by atoms with Crippen LogP contribution in [-0.4, -0.2) is 64.1 Å². The van der Waals surface area contributed by atoms with E-state index >= 15 is 0 Å². The van der Waals surface area contributed by atoms with Crippen molar-refractivity contribution < 1.29 is 18.7 Å². The topological polar surface area (TPSA) is 112 Å². The lowest BCUT2D eigenvalue weighted by Gasteiger charge is -2.26. The van der Waals surface area contributed by atoms with Crippen molar-refractivity contribution in [3.8, 4) is 0 Å². The Kier molecular flexibility index (Phi) is 6.16. The van der Waals surface area contributed by atoms with E-state index in [0.29, 0.717) is 42.2 Å². The van der Waals surface area contributed by atoms with Gasteiger partial charge in [-0.15, -0.1) is 0 Å². The van der Waals surface area contributed by atoms with Crippen molar-refractivity contribution in [2.24, 2.45) is 10.1 Å². The summed E-state index contributed by atoms with van der Waals surface area (Å²) in [5, 5.41) is 15.6. The summed E-state index contributed by atoms with van der Waals surface area (Å²) in [4.78, 5) is 31.9. The molecule has 4 heterocycles. The first kappa shape index (κ1) is 21.7. The minimum atomic E-state index is -0.539. The smallest absolute Gasteiger partial charge is 0.283 e. The van der Waals surface area contributed by atoms with Crippen molar-refractivity contribution in [1.82, 2.24) is 9.91 Å². The van der Waals surface area contributed by atoms with Gasteiger partial charge in [0.25, 0.3) is 5.91 Å². The molecule has 0 bridgehead atoms. The molecule has 3 aliphatic rings. The highest BCUT2D eigenvalue weighted by molar-refractivity contribution is 8.27. The summed E-state index contributed by atoms with van der Waals surface area (Å²) in [6, 6.07) is 13.4. The zero-order chi connectivity index (χ0) is 22.8. The molecule has 0 aliphatic carbocycles. The highest BCUT2D eigenvalue weighted by Crippen LogP contribution is 2.32. The third kappa shape index (κ3) is 4.80. The molecule has 1 aromatic carbocycles. The van der Waals surface area contributed by atoms with Gasteiger partial charge in [0.2, 0.25) is 11.1 Å². The summed E-state index contributed by atoms with van der Waals surface area (Å²) in [5.74, 6) is -0.250. The van der Waals surface area contributed by atoms with E-state index in [2.05, 4.69) is 10.1 Å². The van der Waals surface area contributed by atoms with Gasteiger partial charge in [0.1, 0.15) is 10.8 Å². The van der Waals surface area contributed by atoms with Crippen LogP contribution < -0.4 is 0 Å². The highest BCUT2D eigenvalue weighted by atomic mass is 32.2. The Morgan fingerprint density at radius 1 is 1.18 bits per heavy atom. The summed E-state index contributed by atoms with van der Waals surface area (Å²) in [6.07, 6.45) is 1.59. The fourth-order valence-electron chi connectivity index (χ4n) is 3.37. The molecule has 1 aromatic heterocycles. The number of fused-ring (bicyclic) bond motifs is 1. The highest BCUT2D eigenvalue weighted by Gasteiger charge is 2.36. The Morgan fingerprint density at radius 2 is 1.97 bits per heavy atom. The Morgan fingerprint density at radius 3 is 2.76 bits per heavy atom. The Balaban J connectivity index is 1.29. The summed E-state index contributed by atoms with van der Waals surface area (Å²) in [6.45, 7) is 2.15. The van der Waals surface area contributed by atoms with Crippen LogP contribution >= 0.6 is 23.5 Å². The number of amides is 2. The summed E-state index contributed by atoms with van der Waals surface area (Å²) < 4.78 is 11.1. The molecule has 0 saturated carbocycles. The number of carbonyl (C=O) groups is 2. The number of furan rings is 1. The van der Waals surface area contributed by atoms with Gasteiger partial charge in [-0.2, -0.15) is 15.1 Å². The SMILES string of the molecule is N=C1C(=Cc2ccc(Sc3ccccc3)o2)C(=O)N=C2SC(CC(=O)N3CCOCC3)=NN12. The first-order valence-electron chi connectivity index (χ1n) is 10.2. The number of amidine groups is 2. The van der Waals surface area contributed by atoms with E-state index in [0.717, 1.165) is 16.7 Å². The Bertz CT molecular complexity index is 1200. The zero-order valence-corrected chi connectivity index (χ0v) is 19.0. The van der Waals surface area contributed by atoms with Crippen molar-refractivity contribution >= 4 is 57.5 Å². The van der Waals surface area contributed by atoms with Crippen molar-refractivity contribution in [3.63, 3.8) is 0 Å². The lowest BCUT2D eigenvalue weighted by atomic mass is 10.1. The number of carbonyl (C=O) groups excluding carboxylic acids is 2. The normalized spacial score (nSPS) is 19.6. The van der Waals surface area contributed by atoms with Crippen LogP contribution in [0.25, 0.3) is 6.08 Å². The molecule has 9 nitrogen and oxygen atoms in total. The molecular weight excluding hydrogens is 462 g/mol. The third-order valence-corrected chi connectivity index (χ3v) is 6.85. The molecule has 0 unspecified atom stereocenters. The zero-order valence-electron chi connectivity index (χ0n) is 17.4. The van der Waals surface area contributed by atoms with E-state index < -0.39 is 5.91 Å². The van der Waals surface area contributed by atoms with Gasteiger partial charge in [0.15, 0.2) is 10.9 Å². The number of nitrogens with one attached hydrogen (secondary N) is 1. The third-order valence-electron chi connectivity index (χ3n) is 5.01. The molecular formula is C22H19N5O4S2. The molecule has 11 heteroatoms. The quantitative estimate of drug-likeness (QED) is 0.652. The average Bonchev–Trinajstić information content (AvgIpc) is 3.44. The van der Waals surface area contributed by atoms with Crippen LogP contribution in [0.5, 0.6) is 0 Å². The summed E-state index contributed by atoms with van der Waals surface area (Å²) >= 11 is 2.60. The van der Waals surface area contributed by atoms with E-state index in [4.69, 9.17) is 14.6 Å². The Hall–Kier alpha value is -3.15. The lowest BCUT2D eigenvalue weighted by molar-refractivity contribution is -0.133. The minimum Gasteiger partial charge on any atom is -0.450 e. The van der Waals surface area contributed by atoms with Crippen molar-refractivity contribution in [1.29, 1.82) is 5.41 Å². The molecule has 1 fully saturated rings. The number of hydrogen-bond acceptors (Lipinski definition) is 8. The first-order valence-corrected chi connectivity index (χ1v) is 11.9. The molecule has 1 saturated heterocycles. The largest absolute Gasteiger partial charge is 0.450 e. The molecule has 5 rings (SSSR count). The standard InChI is InChI=1S/C22H19N5O4S2/c23-20-16(12-14-6-7-19(31-14)32-15-4-2-1-3-5-15)21(29)24-22-27(20)25-17(33-22)13-18(28)26-8-10-30-11-9-26/h1-7,12,23H,8-11,13H2. The van der Waals surface area contributed by atoms with Crippen LogP contribution in [0.1, 0.15) is 12.2 Å². The molecule has 2 aromatic rings. The minimum absolute atomic E-state index is 0.0577. The maximum absolute atomic E-state index is 12.6. The number of benzene rings is 1. The predicted octanol–water partition coefficient (Wildman–Crippen LogP) is 3.30. The van der Waals surface area contributed by atoms with E-state index in [9.17, 15) is 9.59 Å². The maximum atomic E-state index is 12.6. The second-order valence-electron chi connectivity index (χ2n) is 7.26. The lowest BCUT2D eigenvalue weighted by Crippen LogP contribution is -2.41. The van der Waals surface area contributed by atoms with E-state index in [1.54, 1.807) is 11.0 Å². The number of hydrazone groups is 1. The number of aliphatic imine (C=N–C) groups is 1. The van der Waals surface area contributed by atoms with E-state index in [1.807, 2.05) is 36.4 Å². The van der Waals surface area contributed by atoms with E-state index in [1.165, 1.54) is 22.8 Å². The number of hydrogen-bond donors (Lipinski definition) is 1. The van der Waals surface area contributed by atoms with Gasteiger partial charge in [-0.25, -0.2) is 0 Å². The van der Waals surface area contributed by atoms with Gasteiger partial charge in [0.05, 0.1) is 25.2 Å². The number of nitrogens with zero attached hydrogens (tertiary/aromatic N) is 4. The van der Waals surface area contributed by atoms with Gasteiger partial charge >= 0.3 is 0 Å². The fraction of sp³-hybridized carbons (Fsp3) is 0.227. The van der Waals surface area contributed by atoms with Crippen LogP contribution in [0.4, 0.5) is 0 Å². The number of ether oxygens (including phenoxy) is 1. The van der Waals surface area contributed by atoms with Gasteiger partial charge < -0.3 is 14.1 Å². The first-order chi connectivity index (χ1) is 16.1. The van der Waals surface area contributed by atoms with Gasteiger partial charge in [-0.05, 0) is 42.1 Å². The monoisotopic (exact) mass is 481 g/mol. The molecule has 2 amide bonds. The Labute approximate surface area is 198 Å². The molecule has 0 spiro atoms. The average molecular weight is 482 g/mol. The van der Waals surface area contributed by atoms with Crippen LogP contribution in [0.2, 0.25) is 0 Å². The fourth-order valence-corrected chi connectivity index (χ4v) is 5.05. The number of rotatable bonds is 5. The molecule has 3 aliphatic heterocycles. The van der Waals surface area contributed by atoms with Gasteiger partial charge in [-0.1, -0.05) is 30.0 Å². The molecule has 0 atom stereocenters. The second-order valence-corrected chi connectivity index (χ2v) is 9.37. The maximum Gasteiger partial charge on any atom is 0.283 e. The molecule has 168 valence electrons. The van der Waals surface area contributed by atoms with Crippen LogP contribution in [0, 0.1) is 5.41 Å². The summed E-state index contributed by atoms with van der Waals surface area (Å²) in [5.41, 5.74) is 0.0782. The van der Waals surface area contributed by atoms with Crippen LogP contribution in [0.3, 0.4) is 0 Å². The van der Waals surface area contributed by atoms with Gasteiger partial charge in [0, 0.05) is 18.0 Å². The van der Waals surface area contributed by atoms with Crippen LogP contribution in [-0.2, 0) is 14.3 Å². The number of thioether (sulfide) groups is 1. The van der Waals surface area contributed by atoms with Crippen LogP contribution in [0.15, 0.2) is 72.5 Å². The number of morpholine rings is 1. The van der Waals surface area contributed by atoms with Crippen molar-refractivity contribution in [2.75, 3.05) is 26.3 Å².